The van der Waals surface area contributed by atoms with Crippen molar-refractivity contribution in [3.05, 3.63) is 35.0 Å². The number of rotatable bonds is 6. The molecule has 1 aromatic rings. The van der Waals surface area contributed by atoms with Gasteiger partial charge in [0.2, 0.25) is 0 Å². The van der Waals surface area contributed by atoms with Gasteiger partial charge in [0.15, 0.2) is 5.75 Å². The highest BCUT2D eigenvalue weighted by Gasteiger charge is 2.06. The number of terminal acetylenes is 1. The van der Waals surface area contributed by atoms with Gasteiger partial charge in [-0.2, -0.15) is 0 Å². The van der Waals surface area contributed by atoms with Crippen molar-refractivity contribution in [2.45, 2.75) is 11.8 Å². The summed E-state index contributed by atoms with van der Waals surface area (Å²) in [6.45, 7) is 1.99. The number of allylic oxidation sites excluding steroid dienone is 3. The number of hydrogen-bond acceptors (Lipinski definition) is 4. The highest BCUT2D eigenvalue weighted by molar-refractivity contribution is 7.99. The zero-order chi connectivity index (χ0) is 15.0. The minimum Gasteiger partial charge on any atom is -0.491 e. The van der Waals surface area contributed by atoms with Crippen LogP contribution >= 0.6 is 23.4 Å². The zero-order valence-electron chi connectivity index (χ0n) is 11.6. The van der Waals surface area contributed by atoms with Crippen LogP contribution in [0.1, 0.15) is 6.92 Å². The highest BCUT2D eigenvalue weighted by Crippen LogP contribution is 2.30. The van der Waals surface area contributed by atoms with Crippen molar-refractivity contribution in [2.24, 2.45) is 0 Å². The van der Waals surface area contributed by atoms with E-state index >= 15 is 0 Å². The van der Waals surface area contributed by atoms with Gasteiger partial charge in [-0.25, -0.2) is 4.98 Å². The van der Waals surface area contributed by atoms with Gasteiger partial charge in [-0.05, 0) is 13.0 Å². The Hall–Kier alpha value is -1.57. The number of nitrogens with zero attached hydrogens (tertiary/aromatic N) is 1. The Bertz CT molecular complexity index is 561. The summed E-state index contributed by atoms with van der Waals surface area (Å²) in [4.78, 5) is 5.18. The second-order valence-corrected chi connectivity index (χ2v) is 5.34. The van der Waals surface area contributed by atoms with Gasteiger partial charge < -0.3 is 9.47 Å². The molecule has 0 aliphatic carbocycles. The molecule has 1 heterocycles. The Morgan fingerprint density at radius 2 is 2.25 bits per heavy atom. The van der Waals surface area contributed by atoms with Crippen LogP contribution in [0.15, 0.2) is 39.9 Å². The number of halogens is 1. The minimum absolute atomic E-state index is 0.476. The van der Waals surface area contributed by atoms with Gasteiger partial charge in [0.25, 0.3) is 5.88 Å². The van der Waals surface area contributed by atoms with Gasteiger partial charge in [0.1, 0.15) is 0 Å². The third-order valence-corrected chi connectivity index (χ3v) is 3.65. The summed E-state index contributed by atoms with van der Waals surface area (Å²) in [7, 11) is 3.15. The van der Waals surface area contributed by atoms with E-state index in [9.17, 15) is 0 Å². The van der Waals surface area contributed by atoms with Crippen LogP contribution in [0.2, 0.25) is 0 Å². The molecule has 0 saturated heterocycles. The third-order valence-electron chi connectivity index (χ3n) is 2.28. The maximum atomic E-state index is 5.93. The van der Waals surface area contributed by atoms with Crippen LogP contribution in [0.4, 0.5) is 0 Å². The Morgan fingerprint density at radius 3 is 2.85 bits per heavy atom. The minimum atomic E-state index is 0.476. The number of aromatic nitrogens is 1. The molecule has 1 rings (SSSR count). The fourth-order valence-electron chi connectivity index (χ4n) is 1.39. The van der Waals surface area contributed by atoms with Crippen molar-refractivity contribution >= 4 is 23.4 Å². The first kappa shape index (κ1) is 16.5. The Morgan fingerprint density at radius 1 is 1.50 bits per heavy atom. The van der Waals surface area contributed by atoms with E-state index in [1.807, 2.05) is 19.1 Å². The molecular weight excluding hydrogens is 294 g/mol. The monoisotopic (exact) mass is 309 g/mol. The van der Waals surface area contributed by atoms with E-state index in [2.05, 4.69) is 10.9 Å². The smallest absolute Gasteiger partial charge is 0.256 e. The fourth-order valence-corrected chi connectivity index (χ4v) is 2.43. The SMILES string of the molecule is C#CC=C(Cl)C=C(C)CSc1cnc(OC)c(OC)c1. The molecule has 0 unspecified atom stereocenters. The van der Waals surface area contributed by atoms with Crippen molar-refractivity contribution in [3.63, 3.8) is 0 Å². The van der Waals surface area contributed by atoms with Gasteiger partial charge >= 0.3 is 0 Å². The first-order chi connectivity index (χ1) is 9.60. The van der Waals surface area contributed by atoms with Crippen molar-refractivity contribution in [1.29, 1.82) is 0 Å². The molecule has 0 N–H and O–H groups in total. The fraction of sp³-hybridized carbons (Fsp3) is 0.267. The molecule has 0 atom stereocenters. The van der Waals surface area contributed by atoms with Gasteiger partial charge in [-0.3, -0.25) is 0 Å². The summed E-state index contributed by atoms with van der Waals surface area (Å²) in [5, 5.41) is 0.552. The lowest BCUT2D eigenvalue weighted by Crippen LogP contribution is -1.93. The summed E-state index contributed by atoms with van der Waals surface area (Å²) in [6.07, 6.45) is 10.3. The normalized spacial score (nSPS) is 11.9. The first-order valence-corrected chi connectivity index (χ1v) is 7.16. The molecule has 1 aromatic heterocycles. The number of thioether (sulfide) groups is 1. The van der Waals surface area contributed by atoms with Crippen molar-refractivity contribution in [2.75, 3.05) is 20.0 Å². The molecule has 0 fully saturated rings. The third kappa shape index (κ3) is 5.20. The molecule has 0 radical (unpaired) electrons. The van der Waals surface area contributed by atoms with E-state index < -0.39 is 0 Å². The molecular formula is C15H16ClNO2S. The van der Waals surface area contributed by atoms with Crippen molar-refractivity contribution < 1.29 is 9.47 Å². The predicted octanol–water partition coefficient (Wildman–Crippen LogP) is 3.89. The van der Waals surface area contributed by atoms with E-state index in [-0.39, 0.29) is 0 Å². The summed E-state index contributed by atoms with van der Waals surface area (Å²) >= 11 is 7.56. The van der Waals surface area contributed by atoms with Gasteiger partial charge in [0, 0.05) is 34.0 Å². The highest BCUT2D eigenvalue weighted by atomic mass is 35.5. The molecule has 3 nitrogen and oxygen atoms in total. The molecule has 0 saturated carbocycles. The molecule has 0 spiro atoms. The molecule has 106 valence electrons. The lowest BCUT2D eigenvalue weighted by Gasteiger charge is -2.08. The Balaban J connectivity index is 2.71. The molecule has 5 heteroatoms. The van der Waals surface area contributed by atoms with Crippen LogP contribution in [-0.2, 0) is 0 Å². The van der Waals surface area contributed by atoms with E-state index in [1.165, 1.54) is 6.08 Å². The van der Waals surface area contributed by atoms with Gasteiger partial charge in [-0.1, -0.05) is 23.1 Å². The number of hydrogen-bond donors (Lipinski definition) is 0. The van der Waals surface area contributed by atoms with Crippen molar-refractivity contribution in [3.8, 4) is 24.0 Å². The average Bonchev–Trinajstić information content (AvgIpc) is 2.44. The second-order valence-electron chi connectivity index (χ2n) is 3.86. The van der Waals surface area contributed by atoms with Crippen LogP contribution in [-0.4, -0.2) is 25.0 Å². The van der Waals surface area contributed by atoms with E-state index in [4.69, 9.17) is 27.5 Å². The van der Waals surface area contributed by atoms with Crippen molar-refractivity contribution in [1.82, 2.24) is 4.98 Å². The topological polar surface area (TPSA) is 31.4 Å². The molecule has 0 aliphatic heterocycles. The maximum absolute atomic E-state index is 5.93. The molecule has 20 heavy (non-hydrogen) atoms. The lowest BCUT2D eigenvalue weighted by atomic mass is 10.3. The van der Waals surface area contributed by atoms with Gasteiger partial charge in [-0.15, -0.1) is 18.2 Å². The summed E-state index contributed by atoms with van der Waals surface area (Å²) in [5.74, 6) is 4.26. The number of ether oxygens (including phenoxy) is 2. The average molecular weight is 310 g/mol. The van der Waals surface area contributed by atoms with Crippen LogP contribution in [0.5, 0.6) is 11.6 Å². The molecule has 0 aromatic carbocycles. The molecule has 0 amide bonds. The zero-order valence-corrected chi connectivity index (χ0v) is 13.2. The summed E-state index contributed by atoms with van der Waals surface area (Å²) in [5.41, 5.74) is 1.11. The summed E-state index contributed by atoms with van der Waals surface area (Å²) < 4.78 is 10.3. The van der Waals surface area contributed by atoms with E-state index in [0.29, 0.717) is 16.7 Å². The standard InChI is InChI=1S/C15H16ClNO2S/c1-5-6-12(16)7-11(2)10-20-13-8-14(18-3)15(19-4)17-9-13/h1,6-9H,10H2,2-4H3. The lowest BCUT2D eigenvalue weighted by molar-refractivity contribution is 0.341. The maximum Gasteiger partial charge on any atom is 0.256 e. The van der Waals surface area contributed by atoms with Crippen LogP contribution < -0.4 is 9.47 Å². The van der Waals surface area contributed by atoms with Gasteiger partial charge in [0.05, 0.1) is 14.2 Å². The summed E-state index contributed by atoms with van der Waals surface area (Å²) in [6, 6.07) is 1.89. The van der Waals surface area contributed by atoms with E-state index in [1.54, 1.807) is 32.2 Å². The van der Waals surface area contributed by atoms with Crippen LogP contribution in [0.25, 0.3) is 0 Å². The Labute approximate surface area is 129 Å². The van der Waals surface area contributed by atoms with Crippen LogP contribution in [0, 0.1) is 12.3 Å². The first-order valence-electron chi connectivity index (χ1n) is 5.80. The van der Waals surface area contributed by atoms with Crippen LogP contribution in [0.3, 0.4) is 0 Å². The number of pyridine rings is 1. The predicted molar refractivity (Wildman–Crippen MR) is 84.6 cm³/mol. The number of methoxy groups -OCH3 is 2. The molecule has 0 bridgehead atoms. The Kier molecular flexibility index (Phi) is 7.06. The largest absolute Gasteiger partial charge is 0.491 e. The van der Waals surface area contributed by atoms with E-state index in [0.717, 1.165) is 16.2 Å². The second kappa shape index (κ2) is 8.57. The molecule has 0 aliphatic rings. The quantitative estimate of drug-likeness (QED) is 0.453.